The van der Waals surface area contributed by atoms with Gasteiger partial charge in [-0.25, -0.2) is 0 Å². The number of benzene rings is 2. The molecule has 25 heavy (non-hydrogen) atoms. The van der Waals surface area contributed by atoms with E-state index in [1.807, 2.05) is 18.2 Å². The van der Waals surface area contributed by atoms with Crippen LogP contribution in [0.15, 0.2) is 52.3 Å². The fourth-order valence-electron chi connectivity index (χ4n) is 2.90. The molecule has 3 aromatic rings. The van der Waals surface area contributed by atoms with Crippen molar-refractivity contribution in [2.45, 2.75) is 11.7 Å². The standard InChI is InChI=1S/C19H13Cl2NO2S/c20-11-4-6-12(14(21)9-11)18(23)19-17(22)13-5-3-10(8-15(13)24-19)16-2-1-7-25-16/h1,3-9,16H,2,22H2. The van der Waals surface area contributed by atoms with Crippen molar-refractivity contribution < 1.29 is 9.21 Å². The molecule has 0 spiro atoms. The molecule has 2 aromatic carbocycles. The van der Waals surface area contributed by atoms with Gasteiger partial charge in [-0.2, -0.15) is 0 Å². The van der Waals surface area contributed by atoms with Crippen LogP contribution in [0.2, 0.25) is 10.0 Å². The molecule has 2 N–H and O–H groups in total. The monoisotopic (exact) mass is 389 g/mol. The zero-order chi connectivity index (χ0) is 17.6. The summed E-state index contributed by atoms with van der Waals surface area (Å²) in [6, 6.07) is 10.6. The largest absolute Gasteiger partial charge is 0.450 e. The summed E-state index contributed by atoms with van der Waals surface area (Å²) >= 11 is 13.8. The molecule has 2 heterocycles. The average molecular weight is 390 g/mol. The van der Waals surface area contributed by atoms with Crippen molar-refractivity contribution in [3.05, 3.63) is 74.8 Å². The van der Waals surface area contributed by atoms with Crippen molar-refractivity contribution in [1.29, 1.82) is 0 Å². The van der Waals surface area contributed by atoms with E-state index in [-0.39, 0.29) is 16.6 Å². The second kappa shape index (κ2) is 6.45. The molecule has 4 rings (SSSR count). The molecule has 0 fully saturated rings. The highest BCUT2D eigenvalue weighted by Crippen LogP contribution is 2.41. The van der Waals surface area contributed by atoms with Crippen molar-refractivity contribution in [3.8, 4) is 0 Å². The van der Waals surface area contributed by atoms with Gasteiger partial charge in [-0.1, -0.05) is 35.3 Å². The minimum Gasteiger partial charge on any atom is -0.450 e. The van der Waals surface area contributed by atoms with Crippen LogP contribution in [0.1, 0.15) is 33.4 Å². The molecule has 0 aliphatic carbocycles. The number of allylic oxidation sites excluding steroid dienone is 1. The topological polar surface area (TPSA) is 56.2 Å². The number of rotatable bonds is 3. The van der Waals surface area contributed by atoms with Gasteiger partial charge in [0, 0.05) is 21.2 Å². The van der Waals surface area contributed by atoms with E-state index in [0.29, 0.717) is 27.1 Å². The van der Waals surface area contributed by atoms with E-state index >= 15 is 0 Å². The van der Waals surface area contributed by atoms with Crippen LogP contribution in [0.25, 0.3) is 11.0 Å². The van der Waals surface area contributed by atoms with E-state index in [9.17, 15) is 4.79 Å². The second-order valence-electron chi connectivity index (χ2n) is 5.79. The SMILES string of the molecule is Nc1c(C(=O)c2ccc(Cl)cc2Cl)oc2cc(C3CC=CS3)ccc12. The van der Waals surface area contributed by atoms with Gasteiger partial charge in [0.1, 0.15) is 5.58 Å². The summed E-state index contributed by atoms with van der Waals surface area (Å²) in [4.78, 5) is 12.8. The molecular weight excluding hydrogens is 377 g/mol. The molecule has 3 nitrogen and oxygen atoms in total. The van der Waals surface area contributed by atoms with E-state index in [1.54, 1.807) is 23.9 Å². The molecule has 1 aromatic heterocycles. The van der Waals surface area contributed by atoms with Gasteiger partial charge >= 0.3 is 0 Å². The van der Waals surface area contributed by atoms with Crippen LogP contribution < -0.4 is 5.73 Å². The smallest absolute Gasteiger partial charge is 0.231 e. The summed E-state index contributed by atoms with van der Waals surface area (Å²) in [6.07, 6.45) is 3.13. The van der Waals surface area contributed by atoms with Gasteiger partial charge in [0.25, 0.3) is 0 Å². The third-order valence-electron chi connectivity index (χ3n) is 4.20. The van der Waals surface area contributed by atoms with E-state index in [2.05, 4.69) is 11.5 Å². The number of nitrogen functional groups attached to an aromatic ring is 1. The molecule has 0 amide bonds. The summed E-state index contributed by atoms with van der Waals surface area (Å²) in [7, 11) is 0. The lowest BCUT2D eigenvalue weighted by Crippen LogP contribution is -2.03. The lowest BCUT2D eigenvalue weighted by Gasteiger charge is -2.07. The van der Waals surface area contributed by atoms with Gasteiger partial charge in [0.15, 0.2) is 5.76 Å². The molecular formula is C19H13Cl2NO2S. The second-order valence-corrected chi connectivity index (χ2v) is 7.74. The number of thioether (sulfide) groups is 1. The lowest BCUT2D eigenvalue weighted by molar-refractivity contribution is 0.101. The van der Waals surface area contributed by atoms with Gasteiger partial charge in [-0.3, -0.25) is 4.79 Å². The van der Waals surface area contributed by atoms with Crippen molar-refractivity contribution in [2.75, 3.05) is 5.73 Å². The Morgan fingerprint density at radius 3 is 2.76 bits per heavy atom. The first-order valence-electron chi connectivity index (χ1n) is 7.66. The van der Waals surface area contributed by atoms with Crippen LogP contribution in [-0.2, 0) is 0 Å². The van der Waals surface area contributed by atoms with Gasteiger partial charge in [0.05, 0.1) is 10.7 Å². The van der Waals surface area contributed by atoms with Crippen LogP contribution in [0.3, 0.4) is 0 Å². The normalized spacial score (nSPS) is 16.6. The number of carbonyl (C=O) groups is 1. The van der Waals surface area contributed by atoms with Crippen molar-refractivity contribution in [1.82, 2.24) is 0 Å². The number of hydrogen-bond acceptors (Lipinski definition) is 4. The molecule has 1 atom stereocenters. The van der Waals surface area contributed by atoms with E-state index in [4.69, 9.17) is 33.4 Å². The maximum absolute atomic E-state index is 12.8. The lowest BCUT2D eigenvalue weighted by atomic mass is 10.1. The maximum atomic E-state index is 12.8. The summed E-state index contributed by atoms with van der Waals surface area (Å²) in [6.45, 7) is 0. The van der Waals surface area contributed by atoms with Crippen molar-refractivity contribution in [2.24, 2.45) is 0 Å². The highest BCUT2D eigenvalue weighted by Gasteiger charge is 2.23. The third-order valence-corrected chi connectivity index (χ3v) is 5.89. The first kappa shape index (κ1) is 16.6. The third kappa shape index (κ3) is 2.95. The molecule has 1 aliphatic heterocycles. The highest BCUT2D eigenvalue weighted by molar-refractivity contribution is 8.02. The Morgan fingerprint density at radius 1 is 1.20 bits per heavy atom. The molecule has 6 heteroatoms. The van der Waals surface area contributed by atoms with E-state index in [0.717, 1.165) is 17.4 Å². The van der Waals surface area contributed by atoms with Crippen LogP contribution in [-0.4, -0.2) is 5.78 Å². The number of anilines is 1. The van der Waals surface area contributed by atoms with Crippen molar-refractivity contribution >= 4 is 57.4 Å². The summed E-state index contributed by atoms with van der Waals surface area (Å²) < 4.78 is 5.80. The minimum atomic E-state index is -0.353. The van der Waals surface area contributed by atoms with Gasteiger partial charge < -0.3 is 10.2 Å². The maximum Gasteiger partial charge on any atom is 0.231 e. The Bertz CT molecular complexity index is 1020. The van der Waals surface area contributed by atoms with Crippen molar-refractivity contribution in [3.63, 3.8) is 0 Å². The van der Waals surface area contributed by atoms with Gasteiger partial charge in [-0.05, 0) is 47.7 Å². The Balaban J connectivity index is 1.76. The minimum absolute atomic E-state index is 0.105. The Hall–Kier alpha value is -1.88. The predicted octanol–water partition coefficient (Wildman–Crippen LogP) is 6.24. The fraction of sp³-hybridized carbons (Fsp3) is 0.105. The van der Waals surface area contributed by atoms with Crippen LogP contribution in [0.5, 0.6) is 0 Å². The molecule has 0 radical (unpaired) electrons. The summed E-state index contributed by atoms with van der Waals surface area (Å²) in [5.41, 5.74) is 8.56. The molecule has 1 unspecified atom stereocenters. The number of hydrogen-bond donors (Lipinski definition) is 1. The highest BCUT2D eigenvalue weighted by atomic mass is 35.5. The van der Waals surface area contributed by atoms with E-state index in [1.165, 1.54) is 6.07 Å². The number of ketones is 1. The molecule has 126 valence electrons. The number of fused-ring (bicyclic) bond motifs is 1. The molecule has 0 saturated carbocycles. The average Bonchev–Trinajstić information content (AvgIpc) is 3.22. The number of furan rings is 1. The van der Waals surface area contributed by atoms with Crippen LogP contribution >= 0.6 is 35.0 Å². The first-order chi connectivity index (χ1) is 12.0. The number of nitrogens with two attached hydrogens (primary N) is 1. The summed E-state index contributed by atoms with van der Waals surface area (Å²) in [5.74, 6) is -0.248. The van der Waals surface area contributed by atoms with E-state index < -0.39 is 0 Å². The Labute approximate surface area is 158 Å². The van der Waals surface area contributed by atoms with Crippen LogP contribution in [0, 0.1) is 0 Å². The zero-order valence-corrected chi connectivity index (χ0v) is 15.3. The quantitative estimate of drug-likeness (QED) is 0.538. The molecule has 0 saturated heterocycles. The number of halogens is 2. The fourth-order valence-corrected chi connectivity index (χ4v) is 4.33. The molecule has 0 bridgehead atoms. The molecule has 1 aliphatic rings. The Kier molecular flexibility index (Phi) is 4.28. The van der Waals surface area contributed by atoms with Crippen LogP contribution in [0.4, 0.5) is 5.69 Å². The van der Waals surface area contributed by atoms with Gasteiger partial charge in [-0.15, -0.1) is 11.8 Å². The Morgan fingerprint density at radius 2 is 2.04 bits per heavy atom. The summed E-state index contributed by atoms with van der Waals surface area (Å²) in [5, 5.41) is 3.94. The first-order valence-corrected chi connectivity index (χ1v) is 9.36. The zero-order valence-electron chi connectivity index (χ0n) is 13.0. The van der Waals surface area contributed by atoms with Gasteiger partial charge in [0.2, 0.25) is 5.78 Å². The number of carbonyl (C=O) groups excluding carboxylic acids is 1. The predicted molar refractivity (Wildman–Crippen MR) is 105 cm³/mol.